The average Bonchev–Trinajstić information content (AvgIpc) is 2.36. The molecule has 88 valence electrons. The summed E-state index contributed by atoms with van der Waals surface area (Å²) < 4.78 is 5.05. The van der Waals surface area contributed by atoms with Crippen molar-refractivity contribution in [1.82, 2.24) is 0 Å². The van der Waals surface area contributed by atoms with E-state index in [9.17, 15) is 14.4 Å². The lowest BCUT2D eigenvalue weighted by molar-refractivity contribution is -0.144. The molecule has 4 nitrogen and oxygen atoms in total. The van der Waals surface area contributed by atoms with E-state index in [4.69, 9.17) is 4.74 Å². The van der Waals surface area contributed by atoms with Crippen molar-refractivity contribution in [3.8, 4) is 0 Å². The number of ether oxygens (including phenoxy) is 1. The summed E-state index contributed by atoms with van der Waals surface area (Å²) in [6, 6.07) is 8.43. The van der Waals surface area contributed by atoms with Crippen molar-refractivity contribution < 1.29 is 19.1 Å². The molecule has 0 bridgehead atoms. The van der Waals surface area contributed by atoms with Crippen LogP contribution in [0.15, 0.2) is 30.3 Å². The van der Waals surface area contributed by atoms with Gasteiger partial charge in [0.1, 0.15) is 0 Å². The molecule has 0 radical (unpaired) electrons. The fraction of sp³-hybridized carbons (Fsp3) is 0.308. The molecule has 1 saturated carbocycles. The lowest BCUT2D eigenvalue weighted by Gasteiger charge is -2.19. The molecule has 1 aliphatic rings. The van der Waals surface area contributed by atoms with E-state index in [1.54, 1.807) is 30.3 Å². The summed E-state index contributed by atoms with van der Waals surface area (Å²) in [7, 11) is 0. The minimum absolute atomic E-state index is 0.262. The Balaban J connectivity index is 2.04. The van der Waals surface area contributed by atoms with Crippen LogP contribution in [0.1, 0.15) is 29.6 Å². The van der Waals surface area contributed by atoms with Gasteiger partial charge in [0.05, 0.1) is 5.56 Å². The highest BCUT2D eigenvalue weighted by atomic mass is 16.5. The standard InChI is InChI=1S/C13H12O4/c14-10-7-4-8-11(12(10)15)17-13(16)9-5-2-1-3-6-9/h1-3,5-6,11H,4,7-8H2. The van der Waals surface area contributed by atoms with E-state index in [0.717, 1.165) is 0 Å². The van der Waals surface area contributed by atoms with Crippen molar-refractivity contribution in [3.63, 3.8) is 0 Å². The van der Waals surface area contributed by atoms with Crippen molar-refractivity contribution in [1.29, 1.82) is 0 Å². The second-order valence-corrected chi connectivity index (χ2v) is 3.94. The zero-order valence-corrected chi connectivity index (χ0v) is 9.22. The maximum absolute atomic E-state index is 11.7. The molecule has 0 aliphatic heterocycles. The van der Waals surface area contributed by atoms with Gasteiger partial charge in [-0.2, -0.15) is 0 Å². The van der Waals surface area contributed by atoms with Gasteiger partial charge in [0.15, 0.2) is 6.10 Å². The maximum atomic E-state index is 11.7. The molecular weight excluding hydrogens is 220 g/mol. The van der Waals surface area contributed by atoms with Crippen molar-refractivity contribution in [3.05, 3.63) is 35.9 Å². The molecular formula is C13H12O4. The fourth-order valence-electron chi connectivity index (χ4n) is 1.77. The van der Waals surface area contributed by atoms with E-state index in [2.05, 4.69) is 0 Å². The first-order chi connectivity index (χ1) is 8.18. The second-order valence-electron chi connectivity index (χ2n) is 3.94. The SMILES string of the molecule is O=C1CCCC(OC(=O)c2ccccc2)C1=O. The van der Waals surface area contributed by atoms with Crippen molar-refractivity contribution >= 4 is 17.5 Å². The normalized spacial score (nSPS) is 20.1. The first-order valence-corrected chi connectivity index (χ1v) is 5.51. The molecule has 0 aromatic heterocycles. The molecule has 1 aromatic carbocycles. The molecule has 1 aromatic rings. The molecule has 0 saturated heterocycles. The highest BCUT2D eigenvalue weighted by molar-refractivity contribution is 6.39. The van der Waals surface area contributed by atoms with E-state index in [1.165, 1.54) is 0 Å². The monoisotopic (exact) mass is 232 g/mol. The number of hydrogen-bond donors (Lipinski definition) is 0. The van der Waals surface area contributed by atoms with Crippen LogP contribution in [-0.4, -0.2) is 23.6 Å². The highest BCUT2D eigenvalue weighted by Gasteiger charge is 2.32. The number of carbonyl (C=O) groups is 3. The van der Waals surface area contributed by atoms with Crippen molar-refractivity contribution in [2.75, 3.05) is 0 Å². The van der Waals surface area contributed by atoms with Crippen molar-refractivity contribution in [2.45, 2.75) is 25.4 Å². The molecule has 1 fully saturated rings. The predicted molar refractivity (Wildman–Crippen MR) is 59.5 cm³/mol. The topological polar surface area (TPSA) is 60.4 Å². The average molecular weight is 232 g/mol. The number of rotatable bonds is 2. The van der Waals surface area contributed by atoms with Crippen LogP contribution in [0.2, 0.25) is 0 Å². The van der Waals surface area contributed by atoms with Gasteiger partial charge in [0.25, 0.3) is 0 Å². The third kappa shape index (κ3) is 2.58. The quantitative estimate of drug-likeness (QED) is 0.573. The van der Waals surface area contributed by atoms with Gasteiger partial charge < -0.3 is 4.74 Å². The highest BCUT2D eigenvalue weighted by Crippen LogP contribution is 2.16. The zero-order valence-electron chi connectivity index (χ0n) is 9.22. The molecule has 2 rings (SSSR count). The number of ketones is 2. The minimum atomic E-state index is -0.899. The minimum Gasteiger partial charge on any atom is -0.450 e. The van der Waals surface area contributed by atoms with Gasteiger partial charge in [-0.3, -0.25) is 9.59 Å². The molecule has 0 N–H and O–H groups in total. The summed E-state index contributed by atoms with van der Waals surface area (Å²) in [5, 5.41) is 0. The van der Waals surface area contributed by atoms with Crippen molar-refractivity contribution in [2.24, 2.45) is 0 Å². The number of esters is 1. The molecule has 4 heteroatoms. The Morgan fingerprint density at radius 1 is 1.18 bits per heavy atom. The van der Waals surface area contributed by atoms with Gasteiger partial charge in [0, 0.05) is 6.42 Å². The molecule has 1 atom stereocenters. The van der Waals surface area contributed by atoms with Crippen LogP contribution in [0.5, 0.6) is 0 Å². The van der Waals surface area contributed by atoms with Gasteiger partial charge in [-0.1, -0.05) is 18.2 Å². The van der Waals surface area contributed by atoms with Gasteiger partial charge in [-0.05, 0) is 25.0 Å². The van der Waals surface area contributed by atoms with Crippen LogP contribution < -0.4 is 0 Å². The molecule has 1 unspecified atom stereocenters. The van der Waals surface area contributed by atoms with Crippen LogP contribution in [-0.2, 0) is 14.3 Å². The van der Waals surface area contributed by atoms with Crippen LogP contribution in [0.3, 0.4) is 0 Å². The van der Waals surface area contributed by atoms with Gasteiger partial charge in [-0.15, -0.1) is 0 Å². The Morgan fingerprint density at radius 3 is 2.59 bits per heavy atom. The largest absolute Gasteiger partial charge is 0.450 e. The molecule has 1 aliphatic carbocycles. The Bertz CT molecular complexity index is 450. The third-order valence-corrected chi connectivity index (χ3v) is 2.70. The Morgan fingerprint density at radius 2 is 1.88 bits per heavy atom. The summed E-state index contributed by atoms with van der Waals surface area (Å²) in [5.41, 5.74) is 0.387. The number of benzene rings is 1. The fourth-order valence-corrected chi connectivity index (χ4v) is 1.77. The zero-order chi connectivity index (χ0) is 12.3. The smallest absolute Gasteiger partial charge is 0.338 e. The number of Topliss-reactive ketones (excluding diaryl/α,β-unsaturated/α-hetero) is 2. The van der Waals surface area contributed by atoms with E-state index in [1.807, 2.05) is 0 Å². The summed E-state index contributed by atoms with van der Waals surface area (Å²) in [4.78, 5) is 34.3. The summed E-state index contributed by atoms with van der Waals surface area (Å²) in [6.45, 7) is 0. The van der Waals surface area contributed by atoms with E-state index in [0.29, 0.717) is 18.4 Å². The predicted octanol–water partition coefficient (Wildman–Crippen LogP) is 1.53. The van der Waals surface area contributed by atoms with Crippen LogP contribution in [0.25, 0.3) is 0 Å². The lowest BCUT2D eigenvalue weighted by atomic mass is 9.95. The van der Waals surface area contributed by atoms with Gasteiger partial charge in [0.2, 0.25) is 11.6 Å². The Labute approximate surface area is 98.6 Å². The third-order valence-electron chi connectivity index (χ3n) is 2.70. The van der Waals surface area contributed by atoms with Gasteiger partial charge in [-0.25, -0.2) is 4.79 Å². The van der Waals surface area contributed by atoms with E-state index < -0.39 is 23.6 Å². The van der Waals surface area contributed by atoms with Gasteiger partial charge >= 0.3 is 5.97 Å². The molecule has 0 amide bonds. The maximum Gasteiger partial charge on any atom is 0.338 e. The molecule has 17 heavy (non-hydrogen) atoms. The Hall–Kier alpha value is -1.97. The van der Waals surface area contributed by atoms with Crippen LogP contribution in [0.4, 0.5) is 0 Å². The molecule has 0 spiro atoms. The lowest BCUT2D eigenvalue weighted by Crippen LogP contribution is -2.36. The summed E-state index contributed by atoms with van der Waals surface area (Å²) in [5.74, 6) is -1.58. The summed E-state index contributed by atoms with van der Waals surface area (Å²) >= 11 is 0. The Kier molecular flexibility index (Phi) is 3.32. The van der Waals surface area contributed by atoms with E-state index >= 15 is 0 Å². The second kappa shape index (κ2) is 4.91. The van der Waals surface area contributed by atoms with Crippen LogP contribution in [0, 0.1) is 0 Å². The van der Waals surface area contributed by atoms with Crippen LogP contribution >= 0.6 is 0 Å². The first kappa shape index (κ1) is 11.5. The number of hydrogen-bond acceptors (Lipinski definition) is 4. The number of carbonyl (C=O) groups excluding carboxylic acids is 3. The first-order valence-electron chi connectivity index (χ1n) is 5.51. The van der Waals surface area contributed by atoms with E-state index in [-0.39, 0.29) is 6.42 Å². The molecule has 0 heterocycles. The summed E-state index contributed by atoms with van der Waals surface area (Å²) in [6.07, 6.45) is 0.391.